The first kappa shape index (κ1) is 20.2. The van der Waals surface area contributed by atoms with Gasteiger partial charge in [-0.05, 0) is 36.1 Å². The lowest BCUT2D eigenvalue weighted by Crippen LogP contribution is -2.35. The van der Waals surface area contributed by atoms with E-state index in [0.717, 1.165) is 30.9 Å². The van der Waals surface area contributed by atoms with E-state index < -0.39 is 0 Å². The molecule has 1 fully saturated rings. The highest BCUT2D eigenvalue weighted by atomic mass is 35.5. The van der Waals surface area contributed by atoms with Gasteiger partial charge in [-0.2, -0.15) is 0 Å². The summed E-state index contributed by atoms with van der Waals surface area (Å²) in [4.78, 5) is 29.6. The lowest BCUT2D eigenvalue weighted by Gasteiger charge is -2.22. The summed E-state index contributed by atoms with van der Waals surface area (Å²) in [7, 11) is 1.72. The fourth-order valence-electron chi connectivity index (χ4n) is 4.09. The number of amides is 1. The van der Waals surface area contributed by atoms with Crippen LogP contribution in [-0.4, -0.2) is 61.1 Å². The standard InChI is InChI=1S/C21H21ClN6O2S/c1-25-20(30)18-16(6-11-31-18)28-17(23-24-21(25)28)13-26-7-3-8-27(10-9-26)19(29)14-4-2-5-15(22)12-14/h2,4-6,11-12H,3,7-10,13H2,1H3. The van der Waals surface area contributed by atoms with E-state index >= 15 is 0 Å². The molecule has 8 nitrogen and oxygen atoms in total. The molecule has 0 aliphatic carbocycles. The number of hydrogen-bond acceptors (Lipinski definition) is 6. The van der Waals surface area contributed by atoms with E-state index in [9.17, 15) is 9.59 Å². The van der Waals surface area contributed by atoms with Gasteiger partial charge in [-0.3, -0.25) is 23.5 Å². The predicted molar refractivity (Wildman–Crippen MR) is 121 cm³/mol. The molecule has 0 saturated carbocycles. The lowest BCUT2D eigenvalue weighted by molar-refractivity contribution is 0.0761. The van der Waals surface area contributed by atoms with Crippen molar-refractivity contribution in [3.05, 3.63) is 62.5 Å². The Morgan fingerprint density at radius 1 is 1.16 bits per heavy atom. The van der Waals surface area contributed by atoms with Gasteiger partial charge in [-0.15, -0.1) is 21.5 Å². The fourth-order valence-corrected chi connectivity index (χ4v) is 5.13. The molecule has 10 heteroatoms. The molecule has 1 aliphatic heterocycles. The third-order valence-corrected chi connectivity index (χ3v) is 6.84. The molecule has 0 spiro atoms. The molecule has 1 aliphatic rings. The van der Waals surface area contributed by atoms with Crippen LogP contribution in [0.25, 0.3) is 16.0 Å². The Bertz CT molecular complexity index is 1340. The summed E-state index contributed by atoms with van der Waals surface area (Å²) < 4.78 is 4.21. The highest BCUT2D eigenvalue weighted by Gasteiger charge is 2.23. The van der Waals surface area contributed by atoms with Crippen molar-refractivity contribution in [1.82, 2.24) is 29.0 Å². The minimum absolute atomic E-state index is 0.00672. The van der Waals surface area contributed by atoms with Gasteiger partial charge in [0.15, 0.2) is 5.82 Å². The largest absolute Gasteiger partial charge is 0.337 e. The van der Waals surface area contributed by atoms with Gasteiger partial charge in [0.25, 0.3) is 11.5 Å². The van der Waals surface area contributed by atoms with Crippen LogP contribution in [0.3, 0.4) is 0 Å². The molecule has 4 aromatic rings. The first-order valence-electron chi connectivity index (χ1n) is 10.1. The van der Waals surface area contributed by atoms with E-state index in [4.69, 9.17) is 11.6 Å². The topological polar surface area (TPSA) is 75.7 Å². The molecule has 5 rings (SSSR count). The molecule has 0 radical (unpaired) electrons. The number of carbonyl (C=O) groups excluding carboxylic acids is 1. The Morgan fingerprint density at radius 2 is 2.03 bits per heavy atom. The van der Waals surface area contributed by atoms with E-state index in [-0.39, 0.29) is 11.5 Å². The normalized spacial score (nSPS) is 15.6. The number of aryl methyl sites for hydroxylation is 1. The molecule has 3 aromatic heterocycles. The van der Waals surface area contributed by atoms with Crippen molar-refractivity contribution in [2.24, 2.45) is 7.05 Å². The Balaban J connectivity index is 1.37. The van der Waals surface area contributed by atoms with Crippen LogP contribution in [0, 0.1) is 0 Å². The lowest BCUT2D eigenvalue weighted by atomic mass is 10.2. The molecule has 0 bridgehead atoms. The number of aromatic nitrogens is 4. The van der Waals surface area contributed by atoms with Gasteiger partial charge >= 0.3 is 0 Å². The first-order valence-corrected chi connectivity index (χ1v) is 11.4. The minimum Gasteiger partial charge on any atom is -0.337 e. The third kappa shape index (κ3) is 3.62. The zero-order valence-electron chi connectivity index (χ0n) is 17.0. The first-order chi connectivity index (χ1) is 15.0. The number of nitrogens with zero attached hydrogens (tertiary/aromatic N) is 6. The van der Waals surface area contributed by atoms with E-state index in [0.29, 0.717) is 40.7 Å². The maximum absolute atomic E-state index is 12.9. The molecule has 31 heavy (non-hydrogen) atoms. The number of carbonyl (C=O) groups is 1. The average molecular weight is 457 g/mol. The summed E-state index contributed by atoms with van der Waals surface area (Å²) >= 11 is 7.48. The Morgan fingerprint density at radius 3 is 2.87 bits per heavy atom. The van der Waals surface area contributed by atoms with Gasteiger partial charge < -0.3 is 4.90 Å². The maximum atomic E-state index is 12.9. The molecule has 1 aromatic carbocycles. The van der Waals surface area contributed by atoms with Gasteiger partial charge in [-0.25, -0.2) is 0 Å². The van der Waals surface area contributed by atoms with Crippen LogP contribution in [0.15, 0.2) is 40.5 Å². The number of halogens is 1. The third-order valence-electron chi connectivity index (χ3n) is 5.71. The summed E-state index contributed by atoms with van der Waals surface area (Å²) in [6.07, 6.45) is 0.870. The van der Waals surface area contributed by atoms with E-state index in [1.165, 1.54) is 11.3 Å². The van der Waals surface area contributed by atoms with E-state index in [2.05, 4.69) is 15.1 Å². The van der Waals surface area contributed by atoms with Crippen molar-refractivity contribution < 1.29 is 4.79 Å². The molecule has 0 unspecified atom stereocenters. The zero-order valence-corrected chi connectivity index (χ0v) is 18.6. The van der Waals surface area contributed by atoms with Gasteiger partial charge in [0, 0.05) is 43.8 Å². The molecule has 0 atom stereocenters. The highest BCUT2D eigenvalue weighted by Crippen LogP contribution is 2.20. The van der Waals surface area contributed by atoms with Crippen LogP contribution < -0.4 is 5.56 Å². The fraction of sp³-hybridized carbons (Fsp3) is 0.333. The van der Waals surface area contributed by atoms with Crippen LogP contribution in [0.1, 0.15) is 22.6 Å². The van der Waals surface area contributed by atoms with Crippen LogP contribution in [0.2, 0.25) is 5.02 Å². The highest BCUT2D eigenvalue weighted by molar-refractivity contribution is 7.17. The maximum Gasteiger partial charge on any atom is 0.272 e. The number of rotatable bonds is 3. The molecule has 160 valence electrons. The van der Waals surface area contributed by atoms with Crippen molar-refractivity contribution in [3.8, 4) is 0 Å². The number of fused-ring (bicyclic) bond motifs is 3. The monoisotopic (exact) mass is 456 g/mol. The SMILES string of the molecule is Cn1c(=O)c2sccc2n2c(CN3CCCN(C(=O)c4cccc(Cl)c4)CC3)nnc12. The second-order valence-electron chi connectivity index (χ2n) is 7.68. The van der Waals surface area contributed by atoms with Crippen molar-refractivity contribution in [2.75, 3.05) is 26.2 Å². The summed E-state index contributed by atoms with van der Waals surface area (Å²) in [5.74, 6) is 1.34. The van der Waals surface area contributed by atoms with Crippen molar-refractivity contribution in [2.45, 2.75) is 13.0 Å². The zero-order chi connectivity index (χ0) is 21.5. The number of thiophene rings is 1. The van der Waals surface area contributed by atoms with Crippen LogP contribution in [0.5, 0.6) is 0 Å². The Kier molecular flexibility index (Phi) is 5.25. The second-order valence-corrected chi connectivity index (χ2v) is 9.04. The van der Waals surface area contributed by atoms with Gasteiger partial charge in [-0.1, -0.05) is 17.7 Å². The number of hydrogen-bond donors (Lipinski definition) is 0. The predicted octanol–water partition coefficient (Wildman–Crippen LogP) is 2.64. The average Bonchev–Trinajstić information content (AvgIpc) is 3.34. The van der Waals surface area contributed by atoms with Crippen LogP contribution in [0.4, 0.5) is 0 Å². The molecular formula is C21H21ClN6O2S. The smallest absolute Gasteiger partial charge is 0.272 e. The van der Waals surface area contributed by atoms with Gasteiger partial charge in [0.2, 0.25) is 5.78 Å². The summed E-state index contributed by atoms with van der Waals surface area (Å²) in [6, 6.07) is 9.02. The van der Waals surface area contributed by atoms with E-state index in [1.807, 2.05) is 20.7 Å². The van der Waals surface area contributed by atoms with Crippen LogP contribution in [-0.2, 0) is 13.6 Å². The molecule has 1 amide bonds. The van der Waals surface area contributed by atoms with Crippen molar-refractivity contribution >= 4 is 44.8 Å². The van der Waals surface area contributed by atoms with E-state index in [1.54, 1.807) is 35.9 Å². The summed E-state index contributed by atoms with van der Waals surface area (Å²) in [5.41, 5.74) is 1.40. The molecule has 0 N–H and O–H groups in total. The Hall–Kier alpha value is -2.75. The minimum atomic E-state index is -0.0543. The van der Waals surface area contributed by atoms with Gasteiger partial charge in [0.05, 0.1) is 12.1 Å². The molecular weight excluding hydrogens is 436 g/mol. The number of benzene rings is 1. The summed E-state index contributed by atoms with van der Waals surface area (Å²) in [5, 5.41) is 11.1. The van der Waals surface area contributed by atoms with Crippen LogP contribution >= 0.6 is 22.9 Å². The Labute approximate surface area is 187 Å². The summed E-state index contributed by atoms with van der Waals surface area (Å²) in [6.45, 7) is 3.52. The molecule has 4 heterocycles. The van der Waals surface area contributed by atoms with Gasteiger partial charge in [0.1, 0.15) is 4.70 Å². The molecule has 1 saturated heterocycles. The quantitative estimate of drug-likeness (QED) is 0.473. The van der Waals surface area contributed by atoms with Crippen molar-refractivity contribution in [3.63, 3.8) is 0 Å². The second kappa shape index (κ2) is 8.07. The van der Waals surface area contributed by atoms with Crippen molar-refractivity contribution in [1.29, 1.82) is 0 Å².